The van der Waals surface area contributed by atoms with E-state index >= 15 is 0 Å². The number of hydrogen-bond donors (Lipinski definition) is 2. The average Bonchev–Trinajstić information content (AvgIpc) is 2.45. The number of sulfonamides is 1. The third-order valence-corrected chi connectivity index (χ3v) is 4.93. The molecule has 6 heteroatoms. The van der Waals surface area contributed by atoms with E-state index in [1.165, 1.54) is 12.1 Å². The van der Waals surface area contributed by atoms with E-state index < -0.39 is 15.8 Å². The molecular formula is C15H25FN2O2S. The lowest BCUT2D eigenvalue weighted by Gasteiger charge is -2.18. The minimum atomic E-state index is -3.63. The Kier molecular flexibility index (Phi) is 7.28. The van der Waals surface area contributed by atoms with Gasteiger partial charge in [0.25, 0.3) is 0 Å². The monoisotopic (exact) mass is 316 g/mol. The largest absolute Gasteiger partial charge is 0.326 e. The molecule has 1 aromatic rings. The highest BCUT2D eigenvalue weighted by Crippen LogP contribution is 2.17. The Morgan fingerprint density at radius 3 is 2.52 bits per heavy atom. The van der Waals surface area contributed by atoms with Crippen molar-refractivity contribution < 1.29 is 12.8 Å². The first kappa shape index (κ1) is 18.1. The summed E-state index contributed by atoms with van der Waals surface area (Å²) in [6.45, 7) is 4.08. The quantitative estimate of drug-likeness (QED) is 0.736. The topological polar surface area (TPSA) is 72.2 Å². The van der Waals surface area contributed by atoms with E-state index in [0.29, 0.717) is 0 Å². The highest BCUT2D eigenvalue weighted by Gasteiger charge is 2.20. The van der Waals surface area contributed by atoms with Crippen molar-refractivity contribution in [2.24, 2.45) is 5.73 Å². The number of nitrogens with two attached hydrogens (primary N) is 1. The zero-order chi connectivity index (χ0) is 15.9. The summed E-state index contributed by atoms with van der Waals surface area (Å²) in [5.74, 6) is -0.479. The van der Waals surface area contributed by atoms with Crippen LogP contribution in [0, 0.1) is 5.82 Å². The Balaban J connectivity index is 2.93. The van der Waals surface area contributed by atoms with Crippen LogP contribution in [0.1, 0.15) is 51.5 Å². The second-order valence-corrected chi connectivity index (χ2v) is 6.92. The van der Waals surface area contributed by atoms with E-state index in [1.807, 2.05) is 6.92 Å². The number of nitrogens with one attached hydrogen (secondary N) is 1. The maximum absolute atomic E-state index is 13.4. The Morgan fingerprint density at radius 1 is 1.24 bits per heavy atom. The van der Waals surface area contributed by atoms with Gasteiger partial charge in [-0.2, -0.15) is 0 Å². The van der Waals surface area contributed by atoms with Gasteiger partial charge in [-0.3, -0.25) is 0 Å². The van der Waals surface area contributed by atoms with Crippen molar-refractivity contribution in [3.8, 4) is 0 Å². The van der Waals surface area contributed by atoms with Crippen molar-refractivity contribution in [2.75, 3.05) is 0 Å². The average molecular weight is 316 g/mol. The lowest BCUT2D eigenvalue weighted by atomic mass is 10.1. The highest BCUT2D eigenvalue weighted by molar-refractivity contribution is 7.89. The summed E-state index contributed by atoms with van der Waals surface area (Å²) in [6.07, 6.45) is 4.52. The van der Waals surface area contributed by atoms with Crippen LogP contribution in [-0.2, 0) is 16.6 Å². The first-order valence-electron chi connectivity index (χ1n) is 7.45. The van der Waals surface area contributed by atoms with Gasteiger partial charge in [-0.1, -0.05) is 33.1 Å². The fraction of sp³-hybridized carbons (Fsp3) is 0.600. The summed E-state index contributed by atoms with van der Waals surface area (Å²) >= 11 is 0. The van der Waals surface area contributed by atoms with Crippen LogP contribution in [-0.4, -0.2) is 14.5 Å². The first-order chi connectivity index (χ1) is 9.94. The molecule has 0 amide bonds. The summed E-state index contributed by atoms with van der Waals surface area (Å²) in [7, 11) is -3.63. The molecule has 0 aliphatic rings. The van der Waals surface area contributed by atoms with Gasteiger partial charge in [0.1, 0.15) is 5.82 Å². The van der Waals surface area contributed by atoms with Gasteiger partial charge < -0.3 is 5.73 Å². The molecule has 1 aromatic carbocycles. The molecule has 21 heavy (non-hydrogen) atoms. The van der Waals surface area contributed by atoms with Gasteiger partial charge in [0.2, 0.25) is 10.0 Å². The predicted octanol–water partition coefficient (Wildman–Crippen LogP) is 2.92. The molecule has 0 aliphatic heterocycles. The Hall–Kier alpha value is -0.980. The molecule has 0 saturated carbocycles. The van der Waals surface area contributed by atoms with Crippen LogP contribution in [0.25, 0.3) is 0 Å². The van der Waals surface area contributed by atoms with Crippen LogP contribution in [0.2, 0.25) is 0 Å². The normalized spacial score (nSPS) is 13.3. The molecule has 0 spiro atoms. The highest BCUT2D eigenvalue weighted by atomic mass is 32.2. The Labute approximate surface area is 127 Å². The van der Waals surface area contributed by atoms with E-state index in [9.17, 15) is 12.8 Å². The summed E-state index contributed by atoms with van der Waals surface area (Å²) in [6, 6.07) is 3.66. The maximum atomic E-state index is 13.4. The molecule has 0 aliphatic carbocycles. The van der Waals surface area contributed by atoms with Gasteiger partial charge in [-0.15, -0.1) is 0 Å². The van der Waals surface area contributed by atoms with Crippen LogP contribution in [0.3, 0.4) is 0 Å². The molecular weight excluding hydrogens is 291 g/mol. The molecule has 0 radical (unpaired) electrons. The second kappa shape index (κ2) is 8.46. The lowest BCUT2D eigenvalue weighted by molar-refractivity contribution is 0.483. The molecule has 1 atom stereocenters. The fourth-order valence-corrected chi connectivity index (χ4v) is 3.58. The molecule has 3 N–H and O–H groups in total. The number of unbranched alkanes of at least 4 members (excludes halogenated alkanes) is 1. The van der Waals surface area contributed by atoms with Crippen LogP contribution in [0.4, 0.5) is 4.39 Å². The zero-order valence-corrected chi connectivity index (χ0v) is 13.5. The van der Waals surface area contributed by atoms with Crippen molar-refractivity contribution in [1.82, 2.24) is 4.72 Å². The summed E-state index contributed by atoms with van der Waals surface area (Å²) < 4.78 is 40.9. The van der Waals surface area contributed by atoms with Gasteiger partial charge in [0.15, 0.2) is 0 Å². The molecule has 120 valence electrons. The van der Waals surface area contributed by atoms with E-state index in [2.05, 4.69) is 11.6 Å². The summed E-state index contributed by atoms with van der Waals surface area (Å²) in [5, 5.41) is 0. The van der Waals surface area contributed by atoms with Crippen LogP contribution in [0.5, 0.6) is 0 Å². The first-order valence-corrected chi connectivity index (χ1v) is 8.93. The van der Waals surface area contributed by atoms with E-state index in [1.54, 1.807) is 0 Å². The SMILES string of the molecule is CCCCC(CCC)NS(=O)(=O)c1ccc(F)c(CN)c1. The fourth-order valence-electron chi connectivity index (χ4n) is 2.22. The van der Waals surface area contributed by atoms with Gasteiger partial charge in [-0.05, 0) is 31.0 Å². The van der Waals surface area contributed by atoms with Crippen molar-refractivity contribution >= 4 is 10.0 Å². The Bertz CT molecular complexity index is 547. The third-order valence-electron chi connectivity index (χ3n) is 3.41. The van der Waals surface area contributed by atoms with Crippen molar-refractivity contribution in [3.63, 3.8) is 0 Å². The molecule has 0 saturated heterocycles. The predicted molar refractivity (Wildman–Crippen MR) is 82.8 cm³/mol. The van der Waals surface area contributed by atoms with Crippen molar-refractivity contribution in [2.45, 2.75) is 63.4 Å². The minimum absolute atomic E-state index is 0.0244. The maximum Gasteiger partial charge on any atom is 0.240 e. The van der Waals surface area contributed by atoms with Gasteiger partial charge in [-0.25, -0.2) is 17.5 Å². The van der Waals surface area contributed by atoms with Gasteiger partial charge in [0.05, 0.1) is 4.90 Å². The van der Waals surface area contributed by atoms with E-state index in [0.717, 1.165) is 38.2 Å². The van der Waals surface area contributed by atoms with Crippen molar-refractivity contribution in [3.05, 3.63) is 29.6 Å². The number of halogens is 1. The number of benzene rings is 1. The number of rotatable bonds is 9. The molecule has 0 heterocycles. The molecule has 0 aromatic heterocycles. The van der Waals surface area contributed by atoms with Crippen LogP contribution in [0.15, 0.2) is 23.1 Å². The summed E-state index contributed by atoms with van der Waals surface area (Å²) in [4.78, 5) is 0.0713. The molecule has 4 nitrogen and oxygen atoms in total. The zero-order valence-electron chi connectivity index (χ0n) is 12.7. The van der Waals surface area contributed by atoms with E-state index in [4.69, 9.17) is 5.73 Å². The third kappa shape index (κ3) is 5.37. The number of hydrogen-bond acceptors (Lipinski definition) is 3. The Morgan fingerprint density at radius 2 is 1.95 bits per heavy atom. The molecule has 1 unspecified atom stereocenters. The van der Waals surface area contributed by atoms with Gasteiger partial charge >= 0.3 is 0 Å². The smallest absolute Gasteiger partial charge is 0.240 e. The van der Waals surface area contributed by atoms with E-state index in [-0.39, 0.29) is 23.0 Å². The molecule has 0 bridgehead atoms. The summed E-state index contributed by atoms with van der Waals surface area (Å²) in [5.41, 5.74) is 5.63. The van der Waals surface area contributed by atoms with Crippen LogP contribution < -0.4 is 10.5 Å². The lowest BCUT2D eigenvalue weighted by Crippen LogP contribution is -2.34. The van der Waals surface area contributed by atoms with Gasteiger partial charge in [0, 0.05) is 18.2 Å². The standard InChI is InChI=1S/C15H25FN2O2S/c1-3-5-7-13(6-4-2)18-21(19,20)14-8-9-15(16)12(10-14)11-17/h8-10,13,18H,3-7,11,17H2,1-2H3. The molecule has 0 fully saturated rings. The van der Waals surface area contributed by atoms with Crippen molar-refractivity contribution in [1.29, 1.82) is 0 Å². The minimum Gasteiger partial charge on any atom is -0.326 e. The van der Waals surface area contributed by atoms with Crippen LogP contribution >= 0.6 is 0 Å². The molecule has 1 rings (SSSR count). The second-order valence-electron chi connectivity index (χ2n) is 5.21.